The van der Waals surface area contributed by atoms with Gasteiger partial charge in [0.15, 0.2) is 5.82 Å². The summed E-state index contributed by atoms with van der Waals surface area (Å²) < 4.78 is 0. The largest absolute Gasteiger partial charge is 0.256 e. The van der Waals surface area contributed by atoms with Crippen molar-refractivity contribution in [3.05, 3.63) is 207 Å². The molecule has 11 aromatic rings. The first-order valence-corrected chi connectivity index (χ1v) is 19.5. The normalized spacial score (nSPS) is 11.4. The van der Waals surface area contributed by atoms with E-state index >= 15 is 0 Å². The molecular weight excluding hydrogens is 705 g/mol. The van der Waals surface area contributed by atoms with Gasteiger partial charge in [0.05, 0.1) is 22.8 Å². The molecule has 0 aliphatic rings. The molecule has 0 saturated carbocycles. The van der Waals surface area contributed by atoms with Crippen molar-refractivity contribution in [2.45, 2.75) is 0 Å². The third-order valence-electron chi connectivity index (χ3n) is 11.2. The first-order chi connectivity index (χ1) is 28.8. The van der Waals surface area contributed by atoms with Gasteiger partial charge in [0.2, 0.25) is 0 Å². The fourth-order valence-corrected chi connectivity index (χ4v) is 8.45. The predicted molar refractivity (Wildman–Crippen MR) is 240 cm³/mol. The molecule has 0 fully saturated rings. The van der Waals surface area contributed by atoms with Crippen LogP contribution in [0.4, 0.5) is 0 Å². The highest BCUT2D eigenvalue weighted by molar-refractivity contribution is 6.21. The molecule has 0 unspecified atom stereocenters. The molecule has 0 bridgehead atoms. The Bertz CT molecular complexity index is 3110. The van der Waals surface area contributed by atoms with Crippen LogP contribution < -0.4 is 0 Å². The van der Waals surface area contributed by atoms with Crippen LogP contribution in [-0.2, 0) is 0 Å². The lowest BCUT2D eigenvalue weighted by atomic mass is 9.87. The van der Waals surface area contributed by atoms with E-state index in [4.69, 9.17) is 19.9 Å². The second-order valence-electron chi connectivity index (χ2n) is 14.6. The van der Waals surface area contributed by atoms with Crippen molar-refractivity contribution in [2.75, 3.05) is 0 Å². The minimum absolute atomic E-state index is 0.657. The quantitative estimate of drug-likeness (QED) is 0.159. The molecule has 58 heavy (non-hydrogen) atoms. The van der Waals surface area contributed by atoms with E-state index in [9.17, 15) is 0 Å². The summed E-state index contributed by atoms with van der Waals surface area (Å²) in [6.07, 6.45) is 3.76. The first-order valence-electron chi connectivity index (χ1n) is 19.5. The number of benzene rings is 8. The van der Waals surface area contributed by atoms with E-state index in [1.165, 1.54) is 27.3 Å². The number of hydrogen-bond donors (Lipinski definition) is 0. The molecule has 0 aliphatic carbocycles. The highest BCUT2D eigenvalue weighted by Gasteiger charge is 2.20. The lowest BCUT2D eigenvalue weighted by Gasteiger charge is -2.18. The fraction of sp³-hybridized carbons (Fsp3) is 0. The Morgan fingerprint density at radius 1 is 0.276 bits per heavy atom. The zero-order valence-electron chi connectivity index (χ0n) is 31.4. The third kappa shape index (κ3) is 5.78. The van der Waals surface area contributed by atoms with Gasteiger partial charge in [0, 0.05) is 51.0 Å². The molecule has 8 aromatic carbocycles. The molecule has 4 heteroatoms. The summed E-state index contributed by atoms with van der Waals surface area (Å²) in [5.74, 6) is 0.657. The zero-order valence-corrected chi connectivity index (χ0v) is 31.4. The topological polar surface area (TPSA) is 51.6 Å². The zero-order chi connectivity index (χ0) is 38.4. The van der Waals surface area contributed by atoms with E-state index in [1.54, 1.807) is 0 Å². The van der Waals surface area contributed by atoms with Crippen LogP contribution >= 0.6 is 0 Å². The van der Waals surface area contributed by atoms with E-state index in [2.05, 4.69) is 194 Å². The Balaban J connectivity index is 1.11. The Kier molecular flexibility index (Phi) is 8.11. The SMILES string of the molecule is c1ccc(-c2c3ccccc3c(-c3cc(-c4ccc(-c5nccc6ccccc56)cc4)nc(-c4ccc(-c5nccc6ccccc56)cc4)n3)c3ccccc23)cc1. The van der Waals surface area contributed by atoms with Crippen molar-refractivity contribution in [1.82, 2.24) is 19.9 Å². The molecule has 3 aromatic heterocycles. The molecule has 0 aliphatic heterocycles. The van der Waals surface area contributed by atoms with Crippen molar-refractivity contribution < 1.29 is 0 Å². The van der Waals surface area contributed by atoms with Gasteiger partial charge in [-0.2, -0.15) is 0 Å². The minimum atomic E-state index is 0.657. The fourth-order valence-electron chi connectivity index (χ4n) is 8.45. The Morgan fingerprint density at radius 2 is 0.690 bits per heavy atom. The summed E-state index contributed by atoms with van der Waals surface area (Å²) in [7, 11) is 0. The van der Waals surface area contributed by atoms with E-state index in [0.29, 0.717) is 5.82 Å². The predicted octanol–water partition coefficient (Wildman–Crippen LogP) is 13.9. The Labute approximate surface area is 335 Å². The van der Waals surface area contributed by atoms with Crippen LogP contribution in [0.2, 0.25) is 0 Å². The summed E-state index contributed by atoms with van der Waals surface area (Å²) in [5.41, 5.74) is 11.2. The van der Waals surface area contributed by atoms with Gasteiger partial charge in [-0.1, -0.05) is 176 Å². The van der Waals surface area contributed by atoms with Crippen molar-refractivity contribution in [3.63, 3.8) is 0 Å². The summed E-state index contributed by atoms with van der Waals surface area (Å²) >= 11 is 0. The monoisotopic (exact) mass is 738 g/mol. The highest BCUT2D eigenvalue weighted by atomic mass is 14.9. The van der Waals surface area contributed by atoms with Gasteiger partial charge in [-0.05, 0) is 61.6 Å². The average Bonchev–Trinajstić information content (AvgIpc) is 3.30. The van der Waals surface area contributed by atoms with Crippen molar-refractivity contribution in [1.29, 1.82) is 0 Å². The molecule has 4 nitrogen and oxygen atoms in total. The van der Waals surface area contributed by atoms with Gasteiger partial charge >= 0.3 is 0 Å². The molecule has 11 rings (SSSR count). The molecular formula is C54H34N4. The average molecular weight is 739 g/mol. The number of aromatic nitrogens is 4. The summed E-state index contributed by atoms with van der Waals surface area (Å²) in [6, 6.07) is 68.2. The molecule has 0 atom stereocenters. The van der Waals surface area contributed by atoms with Gasteiger partial charge < -0.3 is 0 Å². The van der Waals surface area contributed by atoms with Crippen LogP contribution in [0, 0.1) is 0 Å². The number of pyridine rings is 2. The molecule has 0 spiro atoms. The van der Waals surface area contributed by atoms with Crippen molar-refractivity contribution in [2.24, 2.45) is 0 Å². The van der Waals surface area contributed by atoms with Gasteiger partial charge in [0.25, 0.3) is 0 Å². The van der Waals surface area contributed by atoms with Crippen LogP contribution in [0.25, 0.3) is 111 Å². The Hall–Kier alpha value is -7.82. The maximum Gasteiger partial charge on any atom is 0.160 e. The molecule has 0 saturated heterocycles. The highest BCUT2D eigenvalue weighted by Crippen LogP contribution is 2.44. The van der Waals surface area contributed by atoms with E-state index in [-0.39, 0.29) is 0 Å². The summed E-state index contributed by atoms with van der Waals surface area (Å²) in [5, 5.41) is 9.24. The van der Waals surface area contributed by atoms with Gasteiger partial charge in [-0.15, -0.1) is 0 Å². The maximum absolute atomic E-state index is 5.42. The van der Waals surface area contributed by atoms with E-state index in [1.807, 2.05) is 12.4 Å². The summed E-state index contributed by atoms with van der Waals surface area (Å²) in [6.45, 7) is 0. The smallest absolute Gasteiger partial charge is 0.160 e. The molecule has 0 radical (unpaired) electrons. The molecule has 270 valence electrons. The first kappa shape index (κ1) is 33.5. The van der Waals surface area contributed by atoms with Crippen molar-refractivity contribution in [3.8, 4) is 67.5 Å². The van der Waals surface area contributed by atoms with Crippen LogP contribution in [0.15, 0.2) is 207 Å². The second-order valence-corrected chi connectivity index (χ2v) is 14.6. The number of fused-ring (bicyclic) bond motifs is 4. The Morgan fingerprint density at radius 3 is 1.22 bits per heavy atom. The van der Waals surface area contributed by atoms with Gasteiger partial charge in [-0.25, -0.2) is 9.97 Å². The molecule has 0 amide bonds. The summed E-state index contributed by atoms with van der Waals surface area (Å²) in [4.78, 5) is 20.3. The van der Waals surface area contributed by atoms with Crippen LogP contribution in [0.1, 0.15) is 0 Å². The van der Waals surface area contributed by atoms with Crippen LogP contribution in [0.5, 0.6) is 0 Å². The van der Waals surface area contributed by atoms with Crippen LogP contribution in [0.3, 0.4) is 0 Å². The number of hydrogen-bond acceptors (Lipinski definition) is 4. The minimum Gasteiger partial charge on any atom is -0.256 e. The number of nitrogens with zero attached hydrogens (tertiary/aromatic N) is 4. The molecule has 3 heterocycles. The molecule has 0 N–H and O–H groups in total. The van der Waals surface area contributed by atoms with Gasteiger partial charge in [-0.3, -0.25) is 9.97 Å². The van der Waals surface area contributed by atoms with E-state index in [0.717, 1.165) is 77.5 Å². The lowest BCUT2D eigenvalue weighted by molar-refractivity contribution is 1.19. The standard InChI is InChI=1S/C54H34N4/c1-2-14-38(15-3-1)50-44-18-8-10-20-46(44)51(47-21-11-9-19-45(47)50)49-34-48(37-22-24-39(25-23-37)52-42-16-6-4-12-35(42)30-32-55-52)57-54(58-49)41-28-26-40(27-29-41)53-43-17-7-5-13-36(43)31-33-56-53/h1-34H. The number of rotatable bonds is 6. The maximum atomic E-state index is 5.42. The van der Waals surface area contributed by atoms with Crippen molar-refractivity contribution >= 4 is 43.1 Å². The van der Waals surface area contributed by atoms with E-state index < -0.39 is 0 Å². The van der Waals surface area contributed by atoms with Crippen LogP contribution in [-0.4, -0.2) is 19.9 Å². The lowest BCUT2D eigenvalue weighted by Crippen LogP contribution is -1.98. The second kappa shape index (κ2) is 14.0. The third-order valence-corrected chi connectivity index (χ3v) is 11.2. The van der Waals surface area contributed by atoms with Gasteiger partial charge in [0.1, 0.15) is 0 Å².